The van der Waals surface area contributed by atoms with Gasteiger partial charge in [0.1, 0.15) is 11.4 Å². The van der Waals surface area contributed by atoms with Gasteiger partial charge in [-0.1, -0.05) is 35.9 Å². The average molecular weight is 415 g/mol. The maximum atomic E-state index is 12.9. The first kappa shape index (κ1) is 20.5. The predicted molar refractivity (Wildman–Crippen MR) is 120 cm³/mol. The van der Waals surface area contributed by atoms with E-state index in [1.807, 2.05) is 75.4 Å². The molecule has 0 spiro atoms. The molecule has 1 aliphatic rings. The molecule has 1 N–H and O–H groups in total. The van der Waals surface area contributed by atoms with E-state index in [4.69, 9.17) is 4.74 Å². The highest BCUT2D eigenvalue weighted by Crippen LogP contribution is 2.26. The van der Waals surface area contributed by atoms with Crippen LogP contribution in [0.1, 0.15) is 28.1 Å². The van der Waals surface area contributed by atoms with E-state index in [0.717, 1.165) is 39.5 Å². The molecule has 6 nitrogen and oxygen atoms in total. The molecule has 3 amide bonds. The molecule has 3 aromatic rings. The van der Waals surface area contributed by atoms with Gasteiger partial charge in [-0.15, -0.1) is 0 Å². The number of carbonyl (C=O) groups excluding carboxylic acids is 2. The third kappa shape index (κ3) is 3.97. The number of imide groups is 1. The van der Waals surface area contributed by atoms with Gasteiger partial charge in [0.15, 0.2) is 0 Å². The Hall–Kier alpha value is -3.80. The van der Waals surface area contributed by atoms with Crippen molar-refractivity contribution in [1.82, 2.24) is 14.8 Å². The second-order valence-corrected chi connectivity index (χ2v) is 7.73. The summed E-state index contributed by atoms with van der Waals surface area (Å²) in [6.45, 7) is 6.23. The van der Waals surface area contributed by atoms with E-state index in [1.165, 1.54) is 4.90 Å². The zero-order chi connectivity index (χ0) is 22.1. The van der Waals surface area contributed by atoms with Gasteiger partial charge in [-0.3, -0.25) is 9.69 Å². The largest absolute Gasteiger partial charge is 0.497 e. The summed E-state index contributed by atoms with van der Waals surface area (Å²) >= 11 is 0. The second kappa shape index (κ2) is 8.14. The first-order valence-corrected chi connectivity index (χ1v) is 10.1. The van der Waals surface area contributed by atoms with Crippen LogP contribution in [0.15, 0.2) is 60.3 Å². The van der Waals surface area contributed by atoms with Crippen LogP contribution in [-0.4, -0.2) is 28.5 Å². The Morgan fingerprint density at radius 2 is 1.77 bits per heavy atom. The van der Waals surface area contributed by atoms with Gasteiger partial charge < -0.3 is 14.6 Å². The van der Waals surface area contributed by atoms with Crippen molar-refractivity contribution in [1.29, 1.82) is 0 Å². The zero-order valence-corrected chi connectivity index (χ0v) is 18.1. The van der Waals surface area contributed by atoms with Gasteiger partial charge >= 0.3 is 6.03 Å². The van der Waals surface area contributed by atoms with Crippen molar-refractivity contribution in [2.24, 2.45) is 0 Å². The van der Waals surface area contributed by atoms with E-state index in [-0.39, 0.29) is 18.1 Å². The molecule has 1 saturated heterocycles. The summed E-state index contributed by atoms with van der Waals surface area (Å²) in [5.74, 6) is 0.451. The Kier molecular flexibility index (Phi) is 5.38. The van der Waals surface area contributed by atoms with Gasteiger partial charge in [0, 0.05) is 23.1 Å². The van der Waals surface area contributed by atoms with Crippen LogP contribution in [0.4, 0.5) is 4.79 Å². The zero-order valence-electron chi connectivity index (χ0n) is 18.1. The standard InChI is InChI=1S/C25H25N3O3/c1-16-7-5-8-19(11-16)15-27-24(29)23(26-25(27)30)13-20-12-17(2)28(18(20)3)21-9-6-10-22(14-21)31-4/h5-14H,15H2,1-4H3,(H,26,30)/b23-13-. The molecule has 158 valence electrons. The van der Waals surface area contributed by atoms with Crippen LogP contribution < -0.4 is 10.1 Å². The first-order valence-electron chi connectivity index (χ1n) is 10.1. The molecule has 4 rings (SSSR count). The van der Waals surface area contributed by atoms with Crippen molar-refractivity contribution in [3.05, 3.63) is 88.4 Å². The molecule has 2 heterocycles. The summed E-state index contributed by atoms with van der Waals surface area (Å²) in [5.41, 5.74) is 6.13. The van der Waals surface area contributed by atoms with Crippen molar-refractivity contribution in [2.45, 2.75) is 27.3 Å². The number of carbonyl (C=O) groups is 2. The topological polar surface area (TPSA) is 63.6 Å². The lowest BCUT2D eigenvalue weighted by molar-refractivity contribution is -0.123. The third-order valence-electron chi connectivity index (χ3n) is 5.47. The van der Waals surface area contributed by atoms with Crippen molar-refractivity contribution in [3.8, 4) is 11.4 Å². The van der Waals surface area contributed by atoms with E-state index >= 15 is 0 Å². The fourth-order valence-corrected chi connectivity index (χ4v) is 3.94. The number of aromatic nitrogens is 1. The molecule has 1 aromatic heterocycles. The second-order valence-electron chi connectivity index (χ2n) is 7.73. The predicted octanol–water partition coefficient (Wildman–Crippen LogP) is 4.50. The molecule has 0 radical (unpaired) electrons. The number of benzene rings is 2. The highest BCUT2D eigenvalue weighted by molar-refractivity contribution is 6.14. The Bertz CT molecular complexity index is 1210. The number of hydrogen-bond acceptors (Lipinski definition) is 3. The maximum absolute atomic E-state index is 12.9. The normalized spacial score (nSPS) is 15.0. The van der Waals surface area contributed by atoms with Crippen LogP contribution in [0, 0.1) is 20.8 Å². The molecular weight excluding hydrogens is 390 g/mol. The van der Waals surface area contributed by atoms with Gasteiger partial charge in [-0.25, -0.2) is 4.79 Å². The average Bonchev–Trinajstić information content (AvgIpc) is 3.17. The highest BCUT2D eigenvalue weighted by atomic mass is 16.5. The number of ether oxygens (including phenoxy) is 1. The molecule has 31 heavy (non-hydrogen) atoms. The number of amides is 3. The van der Waals surface area contributed by atoms with Gasteiger partial charge in [0.05, 0.1) is 13.7 Å². The monoisotopic (exact) mass is 415 g/mol. The lowest BCUT2D eigenvalue weighted by Crippen LogP contribution is -2.30. The molecule has 0 unspecified atom stereocenters. The van der Waals surface area contributed by atoms with Crippen LogP contribution in [0.25, 0.3) is 11.8 Å². The fraction of sp³-hybridized carbons (Fsp3) is 0.200. The van der Waals surface area contributed by atoms with Crippen LogP contribution in [0.5, 0.6) is 5.75 Å². The van der Waals surface area contributed by atoms with Gasteiger partial charge in [-0.2, -0.15) is 0 Å². The Labute approximate surface area is 181 Å². The SMILES string of the molecule is COc1cccc(-n2c(C)cc(/C=C3\NC(=O)N(Cc4cccc(C)c4)C3=O)c2C)c1. The Morgan fingerprint density at radius 1 is 1.00 bits per heavy atom. The van der Waals surface area contributed by atoms with E-state index in [1.54, 1.807) is 13.2 Å². The van der Waals surface area contributed by atoms with E-state index < -0.39 is 6.03 Å². The van der Waals surface area contributed by atoms with Crippen LogP contribution in [-0.2, 0) is 11.3 Å². The van der Waals surface area contributed by atoms with E-state index in [9.17, 15) is 9.59 Å². The smallest absolute Gasteiger partial charge is 0.329 e. The highest BCUT2D eigenvalue weighted by Gasteiger charge is 2.33. The summed E-state index contributed by atoms with van der Waals surface area (Å²) in [6.07, 6.45) is 1.75. The molecule has 6 heteroatoms. The van der Waals surface area contributed by atoms with Crippen molar-refractivity contribution in [3.63, 3.8) is 0 Å². The van der Waals surface area contributed by atoms with Crippen molar-refractivity contribution in [2.75, 3.05) is 7.11 Å². The van der Waals surface area contributed by atoms with Crippen LogP contribution in [0.2, 0.25) is 0 Å². The Balaban J connectivity index is 1.63. The minimum atomic E-state index is -0.403. The lowest BCUT2D eigenvalue weighted by atomic mass is 10.1. The molecule has 0 aliphatic carbocycles. The summed E-state index contributed by atoms with van der Waals surface area (Å²) in [4.78, 5) is 26.6. The van der Waals surface area contributed by atoms with Gasteiger partial charge in [0.25, 0.3) is 5.91 Å². The molecule has 0 atom stereocenters. The van der Waals surface area contributed by atoms with Crippen LogP contribution in [0.3, 0.4) is 0 Å². The van der Waals surface area contributed by atoms with Crippen molar-refractivity contribution < 1.29 is 14.3 Å². The number of aryl methyl sites for hydroxylation is 2. The summed E-state index contributed by atoms with van der Waals surface area (Å²) in [5, 5.41) is 2.72. The lowest BCUT2D eigenvalue weighted by Gasteiger charge is -2.12. The maximum Gasteiger partial charge on any atom is 0.329 e. The number of nitrogens with one attached hydrogen (secondary N) is 1. The first-order chi connectivity index (χ1) is 14.9. The third-order valence-corrected chi connectivity index (χ3v) is 5.47. The van der Waals surface area contributed by atoms with Gasteiger partial charge in [-0.05, 0) is 56.2 Å². The number of urea groups is 1. The molecule has 0 saturated carbocycles. The fourth-order valence-electron chi connectivity index (χ4n) is 3.94. The van der Waals surface area contributed by atoms with Crippen LogP contribution >= 0.6 is 0 Å². The molecule has 1 aliphatic heterocycles. The summed E-state index contributed by atoms with van der Waals surface area (Å²) in [7, 11) is 1.64. The number of hydrogen-bond donors (Lipinski definition) is 1. The Morgan fingerprint density at radius 3 is 2.52 bits per heavy atom. The molecule has 1 fully saturated rings. The number of rotatable bonds is 5. The van der Waals surface area contributed by atoms with Crippen molar-refractivity contribution >= 4 is 18.0 Å². The quantitative estimate of drug-likeness (QED) is 0.493. The summed E-state index contributed by atoms with van der Waals surface area (Å²) < 4.78 is 7.44. The number of methoxy groups -OCH3 is 1. The summed E-state index contributed by atoms with van der Waals surface area (Å²) in [6, 6.07) is 17.2. The molecular formula is C25H25N3O3. The number of nitrogens with zero attached hydrogens (tertiary/aromatic N) is 2. The molecule has 2 aromatic carbocycles. The molecule has 0 bridgehead atoms. The van der Waals surface area contributed by atoms with E-state index in [0.29, 0.717) is 0 Å². The minimum Gasteiger partial charge on any atom is -0.497 e. The minimum absolute atomic E-state index is 0.243. The van der Waals surface area contributed by atoms with E-state index in [2.05, 4.69) is 9.88 Å². The van der Waals surface area contributed by atoms with Gasteiger partial charge in [0.2, 0.25) is 0 Å².